The van der Waals surface area contributed by atoms with Crippen LogP contribution >= 0.6 is 11.8 Å². The van der Waals surface area contributed by atoms with E-state index in [4.69, 9.17) is 9.84 Å². The van der Waals surface area contributed by atoms with Crippen molar-refractivity contribution in [3.63, 3.8) is 0 Å². The number of aldehydes is 1. The van der Waals surface area contributed by atoms with E-state index in [-0.39, 0.29) is 23.7 Å². The van der Waals surface area contributed by atoms with E-state index < -0.39 is 29.4 Å². The molecule has 21 heavy (non-hydrogen) atoms. The van der Waals surface area contributed by atoms with Crippen molar-refractivity contribution >= 4 is 35.7 Å². The SMILES string of the molecule is COC(C=O)(CSCC1C(=O)CCC1C(=O)O)NC(C)=O. The quantitative estimate of drug-likeness (QED) is 0.482. The van der Waals surface area contributed by atoms with Gasteiger partial charge in [0.25, 0.3) is 0 Å². The molecule has 0 heterocycles. The second-order valence-corrected chi connectivity index (χ2v) is 5.99. The summed E-state index contributed by atoms with van der Waals surface area (Å²) in [7, 11) is 1.30. The minimum atomic E-state index is -1.45. The van der Waals surface area contributed by atoms with Gasteiger partial charge in [0.1, 0.15) is 5.78 Å². The summed E-state index contributed by atoms with van der Waals surface area (Å²) < 4.78 is 5.04. The lowest BCUT2D eigenvalue weighted by Gasteiger charge is -2.27. The number of carboxylic acids is 1. The average molecular weight is 317 g/mol. The highest BCUT2D eigenvalue weighted by Gasteiger charge is 2.40. The van der Waals surface area contributed by atoms with Crippen LogP contribution in [0.15, 0.2) is 0 Å². The molecule has 0 saturated heterocycles. The first-order valence-corrected chi connectivity index (χ1v) is 7.64. The van der Waals surface area contributed by atoms with Gasteiger partial charge in [-0.25, -0.2) is 0 Å². The van der Waals surface area contributed by atoms with Crippen LogP contribution in [0.3, 0.4) is 0 Å². The molecule has 7 nitrogen and oxygen atoms in total. The van der Waals surface area contributed by atoms with E-state index in [1.807, 2.05) is 0 Å². The Labute approximate surface area is 126 Å². The van der Waals surface area contributed by atoms with Crippen molar-refractivity contribution in [2.24, 2.45) is 11.8 Å². The highest BCUT2D eigenvalue weighted by molar-refractivity contribution is 7.99. The fourth-order valence-electron chi connectivity index (χ4n) is 2.31. The van der Waals surface area contributed by atoms with Crippen LogP contribution in [-0.2, 0) is 23.9 Å². The summed E-state index contributed by atoms with van der Waals surface area (Å²) in [6.45, 7) is 1.27. The second kappa shape index (κ2) is 7.56. The number of carboxylic acid groups (broad SMARTS) is 1. The van der Waals surface area contributed by atoms with Crippen LogP contribution in [0.1, 0.15) is 19.8 Å². The van der Waals surface area contributed by atoms with Crippen LogP contribution in [0.5, 0.6) is 0 Å². The van der Waals surface area contributed by atoms with Gasteiger partial charge >= 0.3 is 5.97 Å². The van der Waals surface area contributed by atoms with Gasteiger partial charge in [-0.3, -0.25) is 19.2 Å². The zero-order chi connectivity index (χ0) is 16.0. The molecular weight excluding hydrogens is 298 g/mol. The maximum Gasteiger partial charge on any atom is 0.307 e. The van der Waals surface area contributed by atoms with E-state index >= 15 is 0 Å². The minimum Gasteiger partial charge on any atom is -0.481 e. The maximum absolute atomic E-state index is 11.7. The first-order chi connectivity index (χ1) is 9.85. The van der Waals surface area contributed by atoms with Crippen LogP contribution in [0, 0.1) is 11.8 Å². The third-order valence-electron chi connectivity index (χ3n) is 3.47. The molecule has 3 unspecified atom stereocenters. The zero-order valence-corrected chi connectivity index (χ0v) is 12.8. The molecule has 8 heteroatoms. The van der Waals surface area contributed by atoms with Crippen LogP contribution < -0.4 is 5.32 Å². The summed E-state index contributed by atoms with van der Waals surface area (Å²) in [5.41, 5.74) is -1.45. The summed E-state index contributed by atoms with van der Waals surface area (Å²) in [5, 5.41) is 11.5. The van der Waals surface area contributed by atoms with Gasteiger partial charge in [-0.1, -0.05) is 0 Å². The summed E-state index contributed by atoms with van der Waals surface area (Å²) in [4.78, 5) is 45.0. The van der Waals surface area contributed by atoms with Crippen molar-refractivity contribution in [1.82, 2.24) is 5.32 Å². The highest BCUT2D eigenvalue weighted by Crippen LogP contribution is 2.32. The Morgan fingerprint density at radius 3 is 2.71 bits per heavy atom. The summed E-state index contributed by atoms with van der Waals surface area (Å²) in [6, 6.07) is 0. The molecule has 1 fully saturated rings. The second-order valence-electron chi connectivity index (χ2n) is 4.96. The van der Waals surface area contributed by atoms with Gasteiger partial charge in [0.05, 0.1) is 5.92 Å². The van der Waals surface area contributed by atoms with Crippen molar-refractivity contribution in [2.45, 2.75) is 25.5 Å². The van der Waals surface area contributed by atoms with Crippen molar-refractivity contribution in [3.8, 4) is 0 Å². The third-order valence-corrected chi connectivity index (χ3v) is 4.70. The van der Waals surface area contributed by atoms with E-state index in [0.29, 0.717) is 12.7 Å². The molecule has 1 saturated carbocycles. The van der Waals surface area contributed by atoms with Gasteiger partial charge in [0.2, 0.25) is 11.6 Å². The molecule has 0 aromatic carbocycles. The Bertz CT molecular complexity index is 440. The van der Waals surface area contributed by atoms with Crippen molar-refractivity contribution in [2.75, 3.05) is 18.6 Å². The molecule has 0 bridgehead atoms. The number of thioether (sulfide) groups is 1. The van der Waals surface area contributed by atoms with Gasteiger partial charge in [-0.05, 0) is 6.42 Å². The lowest BCUT2D eigenvalue weighted by atomic mass is 9.98. The van der Waals surface area contributed by atoms with E-state index in [1.165, 1.54) is 25.8 Å². The smallest absolute Gasteiger partial charge is 0.307 e. The molecule has 2 N–H and O–H groups in total. The van der Waals surface area contributed by atoms with Gasteiger partial charge in [-0.2, -0.15) is 11.8 Å². The fraction of sp³-hybridized carbons (Fsp3) is 0.692. The summed E-state index contributed by atoms with van der Waals surface area (Å²) in [6.07, 6.45) is 1.12. The minimum absolute atomic E-state index is 0.0662. The lowest BCUT2D eigenvalue weighted by Crippen LogP contribution is -2.53. The number of nitrogens with one attached hydrogen (secondary N) is 1. The molecule has 1 amide bonds. The predicted molar refractivity (Wildman–Crippen MR) is 75.8 cm³/mol. The Hall–Kier alpha value is -1.41. The molecule has 0 aromatic rings. The Morgan fingerprint density at radius 2 is 2.24 bits per heavy atom. The van der Waals surface area contributed by atoms with Crippen LogP contribution in [-0.4, -0.2) is 53.4 Å². The topological polar surface area (TPSA) is 110 Å². The highest BCUT2D eigenvalue weighted by atomic mass is 32.2. The van der Waals surface area contributed by atoms with Gasteiger partial charge in [-0.15, -0.1) is 0 Å². The first kappa shape index (κ1) is 17.6. The maximum atomic E-state index is 11.7. The van der Waals surface area contributed by atoms with E-state index in [9.17, 15) is 19.2 Å². The molecule has 0 spiro atoms. The van der Waals surface area contributed by atoms with Crippen LogP contribution in [0.25, 0.3) is 0 Å². The molecule has 1 aliphatic rings. The van der Waals surface area contributed by atoms with Crippen LogP contribution in [0.4, 0.5) is 0 Å². The molecular formula is C13H19NO6S. The normalized spacial score (nSPS) is 24.4. The molecule has 0 radical (unpaired) electrons. The molecule has 1 rings (SSSR count). The number of rotatable bonds is 8. The molecule has 0 aliphatic heterocycles. The number of Topliss-reactive ketones (excluding diaryl/α,β-unsaturated/α-hetero) is 1. The number of hydrogen-bond acceptors (Lipinski definition) is 6. The Balaban J connectivity index is 2.61. The predicted octanol–water partition coefficient (Wildman–Crippen LogP) is 0.0772. The number of amides is 1. The lowest BCUT2D eigenvalue weighted by molar-refractivity contribution is -0.143. The molecule has 0 aromatic heterocycles. The number of carbonyl (C=O) groups is 4. The van der Waals surface area contributed by atoms with Crippen molar-refractivity contribution in [3.05, 3.63) is 0 Å². The fourth-order valence-corrected chi connectivity index (χ4v) is 3.66. The van der Waals surface area contributed by atoms with Gasteiger partial charge in [0.15, 0.2) is 6.29 Å². The number of ketones is 1. The first-order valence-electron chi connectivity index (χ1n) is 6.48. The number of aliphatic carboxylic acids is 1. The molecule has 3 atom stereocenters. The number of carbonyl (C=O) groups excluding carboxylic acids is 3. The van der Waals surface area contributed by atoms with Gasteiger partial charge in [0, 0.05) is 37.9 Å². The van der Waals surface area contributed by atoms with E-state index in [2.05, 4.69) is 5.32 Å². The van der Waals surface area contributed by atoms with Crippen LogP contribution in [0.2, 0.25) is 0 Å². The Morgan fingerprint density at radius 1 is 1.57 bits per heavy atom. The van der Waals surface area contributed by atoms with Gasteiger partial charge < -0.3 is 15.2 Å². The molecule has 1 aliphatic carbocycles. The van der Waals surface area contributed by atoms with Crippen molar-refractivity contribution < 1.29 is 29.0 Å². The zero-order valence-electron chi connectivity index (χ0n) is 12.0. The molecule has 118 valence electrons. The van der Waals surface area contributed by atoms with E-state index in [0.717, 1.165) is 0 Å². The summed E-state index contributed by atoms with van der Waals surface area (Å²) >= 11 is 1.22. The number of hydrogen-bond donors (Lipinski definition) is 2. The average Bonchev–Trinajstić information content (AvgIpc) is 2.79. The standard InChI is InChI=1S/C13H19NO6S/c1-8(16)14-13(6-15,20-2)7-21-5-10-9(12(18)19)3-4-11(10)17/h6,9-10H,3-5,7H2,1-2H3,(H,14,16)(H,18,19). The van der Waals surface area contributed by atoms with E-state index in [1.54, 1.807) is 0 Å². The number of methoxy groups -OCH3 is 1. The monoisotopic (exact) mass is 317 g/mol. The van der Waals surface area contributed by atoms with Crippen molar-refractivity contribution in [1.29, 1.82) is 0 Å². The largest absolute Gasteiger partial charge is 0.481 e. The third kappa shape index (κ3) is 4.53. The number of ether oxygens (including phenoxy) is 1. The summed E-state index contributed by atoms with van der Waals surface area (Å²) in [5.74, 6) is -2.27. The Kier molecular flexibility index (Phi) is 6.35.